The number of nitrogens with one attached hydrogen (secondary N) is 2. The maximum Gasteiger partial charge on any atom is 0.289 e. The molecule has 0 unspecified atom stereocenters. The fourth-order valence-electron chi connectivity index (χ4n) is 2.45. The van der Waals surface area contributed by atoms with Crippen LogP contribution in [-0.4, -0.2) is 27.4 Å². The van der Waals surface area contributed by atoms with Crippen molar-refractivity contribution >= 4 is 12.1 Å². The van der Waals surface area contributed by atoms with E-state index in [1.165, 1.54) is 6.21 Å². The molecule has 6 nitrogen and oxygen atoms in total. The maximum absolute atomic E-state index is 12.2. The predicted molar refractivity (Wildman–Crippen MR) is 101 cm³/mol. The number of carbonyl (C=O) groups is 1. The molecule has 26 heavy (non-hydrogen) atoms. The minimum atomic E-state index is -0.419. The Kier molecular flexibility index (Phi) is 5.24. The molecule has 3 N–H and O–H groups in total. The zero-order chi connectivity index (χ0) is 18.4. The third kappa shape index (κ3) is 3.87. The number of phenolic OH excluding ortho intramolecular Hbond substituents is 1. The molecule has 0 radical (unpaired) electrons. The summed E-state index contributed by atoms with van der Waals surface area (Å²) in [5.41, 5.74) is 5.56. The highest BCUT2D eigenvalue weighted by Gasteiger charge is 2.10. The van der Waals surface area contributed by atoms with E-state index in [9.17, 15) is 9.90 Å². The van der Waals surface area contributed by atoms with Crippen LogP contribution in [-0.2, 0) is 6.42 Å². The first kappa shape index (κ1) is 17.2. The van der Waals surface area contributed by atoms with E-state index in [1.807, 2.05) is 42.5 Å². The second-order valence-corrected chi connectivity index (χ2v) is 5.58. The summed E-state index contributed by atoms with van der Waals surface area (Å²) < 4.78 is 0. The molecule has 0 bridgehead atoms. The molecule has 0 fully saturated rings. The Labute approximate surface area is 150 Å². The Balaban J connectivity index is 1.68. The van der Waals surface area contributed by atoms with Crippen molar-refractivity contribution in [3.05, 3.63) is 84.1 Å². The normalized spacial score (nSPS) is 10.8. The molecule has 0 saturated carbocycles. The number of rotatable bonds is 6. The number of aromatic hydroxyl groups is 1. The summed E-state index contributed by atoms with van der Waals surface area (Å²) in [4.78, 5) is 12.2. The first-order chi connectivity index (χ1) is 12.7. The number of carbonyl (C=O) groups excluding carboxylic acids is 1. The van der Waals surface area contributed by atoms with Gasteiger partial charge in [0.2, 0.25) is 0 Å². The summed E-state index contributed by atoms with van der Waals surface area (Å²) in [5, 5.41) is 20.9. The molecule has 2 aromatic carbocycles. The van der Waals surface area contributed by atoms with Crippen LogP contribution < -0.4 is 5.43 Å². The smallest absolute Gasteiger partial charge is 0.289 e. The van der Waals surface area contributed by atoms with Crippen LogP contribution in [0.1, 0.15) is 21.6 Å². The summed E-state index contributed by atoms with van der Waals surface area (Å²) in [7, 11) is 0. The Bertz CT molecular complexity index is 945. The fraction of sp³-hybridized carbons (Fsp3) is 0.0500. The van der Waals surface area contributed by atoms with Gasteiger partial charge < -0.3 is 5.11 Å². The molecule has 3 rings (SSSR count). The highest BCUT2D eigenvalue weighted by atomic mass is 16.3. The van der Waals surface area contributed by atoms with Crippen molar-refractivity contribution in [2.75, 3.05) is 0 Å². The number of benzene rings is 2. The lowest BCUT2D eigenvalue weighted by molar-refractivity contribution is 0.0950. The monoisotopic (exact) mass is 346 g/mol. The number of allylic oxidation sites excluding steroid dienone is 1. The molecule has 1 amide bonds. The number of para-hydroxylation sites is 1. The SMILES string of the molecule is C=CCc1cccc(/C=N/NC(=O)c2cc(-c3ccccc3)n[nH]2)c1O. The number of H-pyrrole nitrogens is 1. The summed E-state index contributed by atoms with van der Waals surface area (Å²) in [5.74, 6) is -0.295. The quantitative estimate of drug-likeness (QED) is 0.363. The van der Waals surface area contributed by atoms with E-state index in [-0.39, 0.29) is 5.75 Å². The van der Waals surface area contributed by atoms with Gasteiger partial charge >= 0.3 is 0 Å². The number of aromatic amines is 1. The Morgan fingerprint density at radius 3 is 2.81 bits per heavy atom. The fourth-order valence-corrected chi connectivity index (χ4v) is 2.45. The van der Waals surface area contributed by atoms with Gasteiger partial charge in [-0.3, -0.25) is 9.89 Å². The van der Waals surface area contributed by atoms with Crippen LogP contribution in [0.2, 0.25) is 0 Å². The van der Waals surface area contributed by atoms with Crippen LogP contribution in [0.3, 0.4) is 0 Å². The van der Waals surface area contributed by atoms with E-state index in [0.29, 0.717) is 23.4 Å². The van der Waals surface area contributed by atoms with Crippen molar-refractivity contribution in [2.24, 2.45) is 5.10 Å². The number of hydrogen-bond donors (Lipinski definition) is 3. The van der Waals surface area contributed by atoms with Gasteiger partial charge in [-0.05, 0) is 24.1 Å². The van der Waals surface area contributed by atoms with Crippen molar-refractivity contribution in [1.29, 1.82) is 0 Å². The summed E-state index contributed by atoms with van der Waals surface area (Å²) in [6, 6.07) is 16.5. The number of aromatic nitrogens is 2. The second-order valence-electron chi connectivity index (χ2n) is 5.58. The number of amides is 1. The summed E-state index contributed by atoms with van der Waals surface area (Å²) in [6.07, 6.45) is 3.66. The van der Waals surface area contributed by atoms with Crippen LogP contribution in [0.5, 0.6) is 5.75 Å². The lowest BCUT2D eigenvalue weighted by Gasteiger charge is -2.04. The van der Waals surface area contributed by atoms with Gasteiger partial charge in [0.25, 0.3) is 5.91 Å². The molecule has 0 aliphatic heterocycles. The third-order valence-corrected chi connectivity index (χ3v) is 3.78. The van der Waals surface area contributed by atoms with Crippen LogP contribution in [0.15, 0.2) is 72.4 Å². The lowest BCUT2D eigenvalue weighted by atomic mass is 10.1. The summed E-state index contributed by atoms with van der Waals surface area (Å²) in [6.45, 7) is 3.66. The Morgan fingerprint density at radius 2 is 2.04 bits per heavy atom. The van der Waals surface area contributed by atoms with Crippen molar-refractivity contribution in [2.45, 2.75) is 6.42 Å². The number of phenols is 1. The summed E-state index contributed by atoms with van der Waals surface area (Å²) >= 11 is 0. The van der Waals surface area contributed by atoms with Crippen molar-refractivity contribution < 1.29 is 9.90 Å². The molecule has 0 aliphatic carbocycles. The van der Waals surface area contributed by atoms with E-state index in [0.717, 1.165) is 11.1 Å². The molecule has 6 heteroatoms. The topological polar surface area (TPSA) is 90.4 Å². The first-order valence-corrected chi connectivity index (χ1v) is 8.05. The average Bonchev–Trinajstić information content (AvgIpc) is 3.16. The zero-order valence-corrected chi connectivity index (χ0v) is 14.0. The largest absolute Gasteiger partial charge is 0.507 e. The molecule has 0 aliphatic rings. The first-order valence-electron chi connectivity index (χ1n) is 8.05. The van der Waals surface area contributed by atoms with Crippen molar-refractivity contribution in [1.82, 2.24) is 15.6 Å². The number of hydrogen-bond acceptors (Lipinski definition) is 4. The van der Waals surface area contributed by atoms with Crippen molar-refractivity contribution in [3.63, 3.8) is 0 Å². The van der Waals surface area contributed by atoms with Gasteiger partial charge in [0.05, 0.1) is 11.9 Å². The third-order valence-electron chi connectivity index (χ3n) is 3.78. The van der Waals surface area contributed by atoms with E-state index < -0.39 is 5.91 Å². The minimum Gasteiger partial charge on any atom is -0.507 e. The van der Waals surface area contributed by atoms with Gasteiger partial charge in [-0.15, -0.1) is 6.58 Å². The maximum atomic E-state index is 12.2. The second kappa shape index (κ2) is 7.94. The average molecular weight is 346 g/mol. The van der Waals surface area contributed by atoms with Crippen molar-refractivity contribution in [3.8, 4) is 17.0 Å². The number of hydrazone groups is 1. The molecule has 0 atom stereocenters. The highest BCUT2D eigenvalue weighted by Crippen LogP contribution is 2.21. The van der Waals surface area contributed by atoms with E-state index >= 15 is 0 Å². The molecule has 1 aromatic heterocycles. The van der Waals surface area contributed by atoms with Crippen LogP contribution in [0.25, 0.3) is 11.3 Å². The highest BCUT2D eigenvalue weighted by molar-refractivity contribution is 5.94. The van der Waals surface area contributed by atoms with Gasteiger partial charge in [0.1, 0.15) is 11.4 Å². The molecule has 0 spiro atoms. The molecule has 3 aromatic rings. The molecular formula is C20H18N4O2. The predicted octanol–water partition coefficient (Wildman–Crippen LogP) is 3.27. The van der Waals surface area contributed by atoms with E-state index in [1.54, 1.807) is 18.2 Å². The van der Waals surface area contributed by atoms with Crippen LogP contribution in [0, 0.1) is 0 Å². The minimum absolute atomic E-state index is 0.123. The Morgan fingerprint density at radius 1 is 1.23 bits per heavy atom. The van der Waals surface area contributed by atoms with Crippen LogP contribution in [0.4, 0.5) is 0 Å². The van der Waals surface area contributed by atoms with Crippen LogP contribution >= 0.6 is 0 Å². The zero-order valence-electron chi connectivity index (χ0n) is 14.0. The molecular weight excluding hydrogens is 328 g/mol. The van der Waals surface area contributed by atoms with E-state index in [4.69, 9.17) is 0 Å². The molecule has 130 valence electrons. The standard InChI is InChI=1S/C20H18N4O2/c1-2-7-15-10-6-11-16(19(15)25)13-21-24-20(26)18-12-17(22-23-18)14-8-4-3-5-9-14/h2-6,8-13,25H,1,7H2,(H,22,23)(H,24,26)/b21-13+. The van der Waals surface area contributed by atoms with Gasteiger partial charge in [-0.25, -0.2) is 5.43 Å². The van der Waals surface area contributed by atoms with Gasteiger partial charge in [-0.2, -0.15) is 10.2 Å². The van der Waals surface area contributed by atoms with E-state index in [2.05, 4.69) is 27.3 Å². The van der Waals surface area contributed by atoms with Gasteiger partial charge in [-0.1, -0.05) is 48.5 Å². The molecule has 1 heterocycles. The molecule has 0 saturated heterocycles. The van der Waals surface area contributed by atoms with Gasteiger partial charge in [0, 0.05) is 11.1 Å². The Hall–Kier alpha value is -3.67. The van der Waals surface area contributed by atoms with Gasteiger partial charge in [0.15, 0.2) is 0 Å². The lowest BCUT2D eigenvalue weighted by Crippen LogP contribution is -2.18. The number of nitrogens with zero attached hydrogens (tertiary/aromatic N) is 2.